The van der Waals surface area contributed by atoms with E-state index >= 15 is 0 Å². The minimum atomic E-state index is -0.713. The maximum absolute atomic E-state index is 11.4. The van der Waals surface area contributed by atoms with Crippen molar-refractivity contribution >= 4 is 11.8 Å². The number of thioether (sulfide) groups is 1. The fraction of sp³-hybridized carbons (Fsp3) is 0.750. The van der Waals surface area contributed by atoms with Crippen LogP contribution in [0.1, 0.15) is 32.1 Å². The van der Waals surface area contributed by atoms with Gasteiger partial charge in [0.05, 0.1) is 0 Å². The zero-order chi connectivity index (χ0) is 13.8. The quantitative estimate of drug-likeness (QED) is 0.623. The van der Waals surface area contributed by atoms with Gasteiger partial charge < -0.3 is 5.32 Å². The van der Waals surface area contributed by atoms with E-state index in [2.05, 4.69) is 15.4 Å². The normalized spacial score (nSPS) is 24.1. The van der Waals surface area contributed by atoms with Gasteiger partial charge in [0.15, 0.2) is 5.16 Å². The molecule has 0 amide bonds. The molecule has 0 aliphatic heterocycles. The summed E-state index contributed by atoms with van der Waals surface area (Å²) in [6.45, 7) is 0. The largest absolute Gasteiger partial charge is 0.339 e. The highest BCUT2D eigenvalue weighted by molar-refractivity contribution is 7.99. The van der Waals surface area contributed by atoms with Crippen LogP contribution in [0, 0.1) is 0 Å². The van der Waals surface area contributed by atoms with Crippen LogP contribution in [0.15, 0.2) is 14.7 Å². The van der Waals surface area contributed by atoms with Crippen molar-refractivity contribution in [1.82, 2.24) is 20.1 Å². The van der Waals surface area contributed by atoms with Gasteiger partial charge in [0.25, 0.3) is 0 Å². The average Bonchev–Trinajstić information content (AvgIpc) is 2.61. The van der Waals surface area contributed by atoms with Gasteiger partial charge in [0.1, 0.15) is 0 Å². The summed E-state index contributed by atoms with van der Waals surface area (Å²) < 4.78 is 1.53. The van der Waals surface area contributed by atoms with Gasteiger partial charge in [-0.25, -0.2) is 0 Å². The van der Waals surface area contributed by atoms with Crippen LogP contribution in [0.5, 0.6) is 0 Å². The van der Waals surface area contributed by atoms with Crippen LogP contribution in [0.4, 0.5) is 0 Å². The number of rotatable bonds is 3. The van der Waals surface area contributed by atoms with E-state index in [9.17, 15) is 9.59 Å². The molecule has 1 aromatic rings. The molecule has 1 fully saturated rings. The van der Waals surface area contributed by atoms with Crippen LogP contribution in [0.3, 0.4) is 0 Å². The number of aryl methyl sites for hydroxylation is 1. The molecule has 0 spiro atoms. The van der Waals surface area contributed by atoms with Crippen LogP contribution >= 0.6 is 11.8 Å². The van der Waals surface area contributed by atoms with Gasteiger partial charge in [-0.2, -0.15) is 4.98 Å². The third-order valence-corrected chi connectivity index (χ3v) is 4.97. The predicted octanol–water partition coefficient (Wildman–Crippen LogP) is 0.481. The summed E-state index contributed by atoms with van der Waals surface area (Å²) >= 11 is 1.58. The first-order valence-electron chi connectivity index (χ1n) is 6.63. The molecule has 1 heterocycles. The van der Waals surface area contributed by atoms with Crippen molar-refractivity contribution in [2.24, 2.45) is 7.05 Å². The SMILES string of the molecule is CNC1CCCCCC1Sc1nc(=O)c(=O)[nH]n1C. The van der Waals surface area contributed by atoms with Gasteiger partial charge in [-0.05, 0) is 19.9 Å². The number of nitrogens with zero attached hydrogens (tertiary/aromatic N) is 2. The third kappa shape index (κ3) is 3.48. The van der Waals surface area contributed by atoms with E-state index < -0.39 is 11.1 Å². The Hall–Kier alpha value is -1.08. The molecule has 2 atom stereocenters. The highest BCUT2D eigenvalue weighted by Crippen LogP contribution is 2.31. The van der Waals surface area contributed by atoms with Gasteiger partial charge in [0, 0.05) is 18.3 Å². The molecular formula is C12H20N4O2S. The van der Waals surface area contributed by atoms with E-state index in [1.165, 1.54) is 23.9 Å². The molecule has 0 radical (unpaired) electrons. The first-order chi connectivity index (χ1) is 9.11. The highest BCUT2D eigenvalue weighted by atomic mass is 32.2. The Balaban J connectivity index is 2.21. The average molecular weight is 284 g/mol. The van der Waals surface area contributed by atoms with E-state index in [0.717, 1.165) is 12.8 Å². The van der Waals surface area contributed by atoms with Crippen LogP contribution in [-0.2, 0) is 7.05 Å². The number of H-pyrrole nitrogens is 1. The smallest absolute Gasteiger partial charge is 0.316 e. The fourth-order valence-corrected chi connectivity index (χ4v) is 3.78. The fourth-order valence-electron chi connectivity index (χ4n) is 2.45. The second kappa shape index (κ2) is 6.38. The number of hydrogen-bond acceptors (Lipinski definition) is 5. The summed E-state index contributed by atoms with van der Waals surface area (Å²) in [5, 5.41) is 6.81. The van der Waals surface area contributed by atoms with Crippen molar-refractivity contribution in [2.45, 2.75) is 48.6 Å². The van der Waals surface area contributed by atoms with Crippen molar-refractivity contribution in [3.8, 4) is 0 Å². The molecule has 106 valence electrons. The maximum atomic E-state index is 11.4. The summed E-state index contributed by atoms with van der Waals surface area (Å²) in [5.74, 6) is 0. The van der Waals surface area contributed by atoms with E-state index in [-0.39, 0.29) is 0 Å². The number of hydrogen-bond donors (Lipinski definition) is 2. The summed E-state index contributed by atoms with van der Waals surface area (Å²) in [7, 11) is 3.68. The minimum absolute atomic E-state index is 0.386. The standard InChI is InChI=1S/C12H20N4O2S/c1-13-8-6-4-3-5-7-9(8)19-12-14-10(17)11(18)15-16(12)2/h8-9,13H,3-7H2,1-2H3,(H,15,18). The van der Waals surface area contributed by atoms with Gasteiger partial charge in [-0.1, -0.05) is 31.0 Å². The number of nitrogens with one attached hydrogen (secondary N) is 2. The first kappa shape index (κ1) is 14.3. The van der Waals surface area contributed by atoms with E-state index in [0.29, 0.717) is 16.4 Å². The second-order valence-electron chi connectivity index (χ2n) is 4.89. The molecule has 0 aromatic carbocycles. The van der Waals surface area contributed by atoms with Gasteiger partial charge in [-0.15, -0.1) is 0 Å². The lowest BCUT2D eigenvalue weighted by atomic mass is 10.1. The lowest BCUT2D eigenvalue weighted by Crippen LogP contribution is -2.37. The van der Waals surface area contributed by atoms with Gasteiger partial charge in [-0.3, -0.25) is 19.4 Å². The minimum Gasteiger partial charge on any atom is -0.316 e. The van der Waals surface area contributed by atoms with Crippen LogP contribution in [0.25, 0.3) is 0 Å². The third-order valence-electron chi connectivity index (χ3n) is 3.53. The van der Waals surface area contributed by atoms with Crippen LogP contribution < -0.4 is 16.4 Å². The van der Waals surface area contributed by atoms with E-state index in [4.69, 9.17) is 0 Å². The topological polar surface area (TPSA) is 79.8 Å². The van der Waals surface area contributed by atoms with Crippen molar-refractivity contribution in [3.05, 3.63) is 20.7 Å². The second-order valence-corrected chi connectivity index (χ2v) is 6.10. The molecule has 1 aliphatic carbocycles. The lowest BCUT2D eigenvalue weighted by molar-refractivity contribution is 0.506. The van der Waals surface area contributed by atoms with Gasteiger partial charge >= 0.3 is 11.1 Å². The number of aromatic amines is 1. The molecule has 1 saturated carbocycles. The predicted molar refractivity (Wildman–Crippen MR) is 75.7 cm³/mol. The van der Waals surface area contributed by atoms with Gasteiger partial charge in [0.2, 0.25) is 0 Å². The zero-order valence-corrected chi connectivity index (χ0v) is 12.1. The molecule has 6 nitrogen and oxygen atoms in total. The summed E-state index contributed by atoms with van der Waals surface area (Å²) in [6.07, 6.45) is 5.94. The molecule has 19 heavy (non-hydrogen) atoms. The van der Waals surface area contributed by atoms with E-state index in [1.54, 1.807) is 18.8 Å². The van der Waals surface area contributed by atoms with Crippen molar-refractivity contribution < 1.29 is 0 Å². The maximum Gasteiger partial charge on any atom is 0.339 e. The Morgan fingerprint density at radius 3 is 2.79 bits per heavy atom. The molecule has 2 rings (SSSR count). The Morgan fingerprint density at radius 2 is 2.05 bits per heavy atom. The van der Waals surface area contributed by atoms with Crippen molar-refractivity contribution in [3.63, 3.8) is 0 Å². The molecule has 1 aliphatic rings. The monoisotopic (exact) mass is 284 g/mol. The Kier molecular flexibility index (Phi) is 4.81. The van der Waals surface area contributed by atoms with Crippen molar-refractivity contribution in [2.75, 3.05) is 7.05 Å². The number of aromatic nitrogens is 3. The summed E-state index contributed by atoms with van der Waals surface area (Å²) in [6, 6.07) is 0.427. The van der Waals surface area contributed by atoms with Crippen LogP contribution in [-0.4, -0.2) is 33.1 Å². The molecule has 0 bridgehead atoms. The Labute approximate surface area is 116 Å². The molecule has 1 aromatic heterocycles. The Bertz CT molecular complexity index is 539. The van der Waals surface area contributed by atoms with Crippen LogP contribution in [0.2, 0.25) is 0 Å². The summed E-state index contributed by atoms with van der Waals surface area (Å²) in [4.78, 5) is 26.4. The molecular weight excluding hydrogens is 264 g/mol. The zero-order valence-electron chi connectivity index (χ0n) is 11.3. The highest BCUT2D eigenvalue weighted by Gasteiger charge is 2.24. The first-order valence-corrected chi connectivity index (χ1v) is 7.51. The lowest BCUT2D eigenvalue weighted by Gasteiger charge is -2.24. The van der Waals surface area contributed by atoms with E-state index in [1.807, 2.05) is 7.05 Å². The Morgan fingerprint density at radius 1 is 1.32 bits per heavy atom. The molecule has 0 saturated heterocycles. The summed E-state index contributed by atoms with van der Waals surface area (Å²) in [5.41, 5.74) is -1.38. The van der Waals surface area contributed by atoms with Crippen molar-refractivity contribution in [1.29, 1.82) is 0 Å². The molecule has 2 N–H and O–H groups in total. The molecule has 7 heteroatoms. The molecule has 2 unspecified atom stereocenters.